The highest BCUT2D eigenvalue weighted by Crippen LogP contribution is 2.18. The van der Waals surface area contributed by atoms with Gasteiger partial charge in [-0.15, -0.1) is 0 Å². The van der Waals surface area contributed by atoms with Crippen LogP contribution in [0.5, 0.6) is 0 Å². The number of fused-ring (bicyclic) bond motifs is 1. The molecule has 1 aliphatic heterocycles. The molecule has 1 fully saturated rings. The van der Waals surface area contributed by atoms with Crippen molar-refractivity contribution in [2.45, 2.75) is 25.3 Å². The number of hydrogen-bond donors (Lipinski definition) is 2. The fourth-order valence-electron chi connectivity index (χ4n) is 3.05. The van der Waals surface area contributed by atoms with E-state index < -0.39 is 0 Å². The molecule has 1 aliphatic rings. The molecule has 3 aromatic rings. The van der Waals surface area contributed by atoms with Gasteiger partial charge in [0.25, 0.3) is 0 Å². The molecule has 6 nitrogen and oxygen atoms in total. The molecule has 24 heavy (non-hydrogen) atoms. The van der Waals surface area contributed by atoms with Crippen molar-refractivity contribution in [1.29, 1.82) is 0 Å². The lowest BCUT2D eigenvalue weighted by Crippen LogP contribution is -2.43. The van der Waals surface area contributed by atoms with Crippen molar-refractivity contribution in [3.63, 3.8) is 0 Å². The molecule has 0 aliphatic carbocycles. The van der Waals surface area contributed by atoms with E-state index in [0.29, 0.717) is 5.69 Å². The van der Waals surface area contributed by atoms with Gasteiger partial charge < -0.3 is 10.6 Å². The first-order valence-electron chi connectivity index (χ1n) is 8.24. The molecule has 3 heterocycles. The lowest BCUT2D eigenvalue weighted by atomic mass is 10.0. The number of para-hydroxylation sites is 2. The highest BCUT2D eigenvalue weighted by Gasteiger charge is 2.20. The summed E-state index contributed by atoms with van der Waals surface area (Å²) in [6.45, 7) is 0.906. The topological polar surface area (TPSA) is 71.8 Å². The SMILES string of the molecule is O=C(Nc1ccc(-n2cnc3ccccc32)nc1)[C@H]1CCCCN1. The zero-order chi connectivity index (χ0) is 16.4. The lowest BCUT2D eigenvalue weighted by molar-refractivity contribution is -0.118. The van der Waals surface area contributed by atoms with Crippen molar-refractivity contribution >= 4 is 22.6 Å². The number of hydrogen-bond acceptors (Lipinski definition) is 4. The van der Waals surface area contributed by atoms with Crippen LogP contribution < -0.4 is 10.6 Å². The third kappa shape index (κ3) is 2.88. The van der Waals surface area contributed by atoms with E-state index in [1.165, 1.54) is 0 Å². The predicted molar refractivity (Wildman–Crippen MR) is 93.1 cm³/mol. The van der Waals surface area contributed by atoms with Gasteiger partial charge in [-0.25, -0.2) is 9.97 Å². The molecule has 1 saturated heterocycles. The van der Waals surface area contributed by atoms with Crippen LogP contribution in [-0.2, 0) is 4.79 Å². The second-order valence-corrected chi connectivity index (χ2v) is 6.00. The molecule has 0 bridgehead atoms. The zero-order valence-corrected chi connectivity index (χ0v) is 13.3. The van der Waals surface area contributed by atoms with Crippen molar-refractivity contribution in [2.24, 2.45) is 0 Å². The fraction of sp³-hybridized carbons (Fsp3) is 0.278. The molecular weight excluding hydrogens is 302 g/mol. The second-order valence-electron chi connectivity index (χ2n) is 6.00. The Labute approximate surface area is 139 Å². The zero-order valence-electron chi connectivity index (χ0n) is 13.3. The Morgan fingerprint density at radius 3 is 2.88 bits per heavy atom. The fourth-order valence-corrected chi connectivity index (χ4v) is 3.05. The number of pyridine rings is 1. The van der Waals surface area contributed by atoms with Crippen LogP contribution in [0.1, 0.15) is 19.3 Å². The van der Waals surface area contributed by atoms with Gasteiger partial charge in [0.2, 0.25) is 5.91 Å². The number of amides is 1. The van der Waals surface area contributed by atoms with E-state index >= 15 is 0 Å². The summed E-state index contributed by atoms with van der Waals surface area (Å²) >= 11 is 0. The smallest absolute Gasteiger partial charge is 0.241 e. The Kier molecular flexibility index (Phi) is 3.96. The van der Waals surface area contributed by atoms with E-state index in [0.717, 1.165) is 42.7 Å². The number of nitrogens with one attached hydrogen (secondary N) is 2. The standard InChI is InChI=1S/C18H19N5O/c24-18(15-6-3-4-10-19-15)22-13-8-9-17(20-11-13)23-12-21-14-5-1-2-7-16(14)23/h1-2,5,7-9,11-12,15,19H,3-4,6,10H2,(H,22,24)/t15-/m1/s1. The summed E-state index contributed by atoms with van der Waals surface area (Å²) < 4.78 is 1.93. The van der Waals surface area contributed by atoms with Crippen molar-refractivity contribution < 1.29 is 4.79 Å². The number of aromatic nitrogens is 3. The van der Waals surface area contributed by atoms with Crippen LogP contribution in [0, 0.1) is 0 Å². The average molecular weight is 321 g/mol. The molecule has 6 heteroatoms. The van der Waals surface area contributed by atoms with Gasteiger partial charge in [-0.3, -0.25) is 9.36 Å². The molecule has 0 unspecified atom stereocenters. The maximum atomic E-state index is 12.2. The number of carbonyl (C=O) groups excluding carboxylic acids is 1. The summed E-state index contributed by atoms with van der Waals surface area (Å²) in [7, 11) is 0. The van der Waals surface area contributed by atoms with Crippen LogP contribution in [0.25, 0.3) is 16.9 Å². The molecule has 4 rings (SSSR count). The van der Waals surface area contributed by atoms with Gasteiger partial charge in [0.15, 0.2) is 0 Å². The Morgan fingerprint density at radius 2 is 2.08 bits per heavy atom. The number of anilines is 1. The van der Waals surface area contributed by atoms with Crippen molar-refractivity contribution in [3.8, 4) is 5.82 Å². The van der Waals surface area contributed by atoms with Gasteiger partial charge in [-0.05, 0) is 43.7 Å². The highest BCUT2D eigenvalue weighted by atomic mass is 16.2. The first kappa shape index (κ1) is 14.8. The van der Waals surface area contributed by atoms with Gasteiger partial charge in [0.1, 0.15) is 12.1 Å². The summed E-state index contributed by atoms with van der Waals surface area (Å²) in [6, 6.07) is 11.6. The molecule has 1 aromatic carbocycles. The van der Waals surface area contributed by atoms with Gasteiger partial charge in [-0.1, -0.05) is 18.6 Å². The lowest BCUT2D eigenvalue weighted by Gasteiger charge is -2.22. The number of imidazole rings is 1. The van der Waals surface area contributed by atoms with Crippen LogP contribution >= 0.6 is 0 Å². The maximum Gasteiger partial charge on any atom is 0.241 e. The molecule has 2 N–H and O–H groups in total. The molecule has 2 aromatic heterocycles. The number of rotatable bonds is 3. The number of benzene rings is 1. The maximum absolute atomic E-state index is 12.2. The molecule has 0 radical (unpaired) electrons. The first-order valence-corrected chi connectivity index (χ1v) is 8.24. The first-order chi connectivity index (χ1) is 11.8. The number of carbonyl (C=O) groups is 1. The molecule has 1 atom stereocenters. The number of piperidine rings is 1. The van der Waals surface area contributed by atoms with Gasteiger partial charge in [-0.2, -0.15) is 0 Å². The summed E-state index contributed by atoms with van der Waals surface area (Å²) in [5.41, 5.74) is 2.65. The van der Waals surface area contributed by atoms with E-state index in [4.69, 9.17) is 0 Å². The monoisotopic (exact) mass is 321 g/mol. The third-order valence-corrected chi connectivity index (χ3v) is 4.34. The minimum atomic E-state index is -0.101. The summed E-state index contributed by atoms with van der Waals surface area (Å²) in [5, 5.41) is 6.18. The van der Waals surface area contributed by atoms with Crippen LogP contribution in [0.4, 0.5) is 5.69 Å². The molecular formula is C18H19N5O. The molecule has 122 valence electrons. The number of nitrogens with zero attached hydrogens (tertiary/aromatic N) is 3. The summed E-state index contributed by atoms with van der Waals surface area (Å²) in [4.78, 5) is 21.1. The summed E-state index contributed by atoms with van der Waals surface area (Å²) in [6.07, 6.45) is 6.56. The minimum Gasteiger partial charge on any atom is -0.323 e. The Balaban J connectivity index is 1.51. The normalized spacial score (nSPS) is 17.8. The van der Waals surface area contributed by atoms with Crippen molar-refractivity contribution in [1.82, 2.24) is 19.9 Å². The molecule has 0 spiro atoms. The Bertz CT molecular complexity index is 849. The largest absolute Gasteiger partial charge is 0.323 e. The van der Waals surface area contributed by atoms with E-state index in [9.17, 15) is 4.79 Å². The molecule has 1 amide bonds. The van der Waals surface area contributed by atoms with E-state index in [1.54, 1.807) is 12.5 Å². The van der Waals surface area contributed by atoms with Gasteiger partial charge >= 0.3 is 0 Å². The van der Waals surface area contributed by atoms with Crippen molar-refractivity contribution in [3.05, 3.63) is 48.9 Å². The Hall–Kier alpha value is -2.73. The Morgan fingerprint density at radius 1 is 1.17 bits per heavy atom. The average Bonchev–Trinajstić information content (AvgIpc) is 3.07. The summed E-state index contributed by atoms with van der Waals surface area (Å²) in [5.74, 6) is 0.787. The van der Waals surface area contributed by atoms with E-state index in [1.807, 2.05) is 41.0 Å². The quantitative estimate of drug-likeness (QED) is 0.777. The van der Waals surface area contributed by atoms with E-state index in [2.05, 4.69) is 20.6 Å². The predicted octanol–water partition coefficient (Wildman–Crippen LogP) is 2.50. The van der Waals surface area contributed by atoms with Crippen LogP contribution in [0.3, 0.4) is 0 Å². The van der Waals surface area contributed by atoms with Crippen LogP contribution in [-0.4, -0.2) is 33.0 Å². The molecule has 0 saturated carbocycles. The van der Waals surface area contributed by atoms with Crippen LogP contribution in [0.15, 0.2) is 48.9 Å². The van der Waals surface area contributed by atoms with Gasteiger partial charge in [0, 0.05) is 0 Å². The third-order valence-electron chi connectivity index (χ3n) is 4.34. The van der Waals surface area contributed by atoms with Gasteiger partial charge in [0.05, 0.1) is 29.0 Å². The van der Waals surface area contributed by atoms with Crippen molar-refractivity contribution in [2.75, 3.05) is 11.9 Å². The van der Waals surface area contributed by atoms with E-state index in [-0.39, 0.29) is 11.9 Å². The highest BCUT2D eigenvalue weighted by molar-refractivity contribution is 5.94. The minimum absolute atomic E-state index is 0.0114. The second kappa shape index (κ2) is 6.41. The van der Waals surface area contributed by atoms with Crippen LogP contribution in [0.2, 0.25) is 0 Å².